The minimum absolute atomic E-state index is 0.125. The first-order valence-corrected chi connectivity index (χ1v) is 6.58. The second-order valence-electron chi connectivity index (χ2n) is 6.06. The van der Waals surface area contributed by atoms with Crippen molar-refractivity contribution in [1.29, 1.82) is 0 Å². The molecule has 0 aliphatic heterocycles. The summed E-state index contributed by atoms with van der Waals surface area (Å²) < 4.78 is 0. The van der Waals surface area contributed by atoms with Gasteiger partial charge in [0.15, 0.2) is 0 Å². The largest absolute Gasteiger partial charge is 0.478 e. The summed E-state index contributed by atoms with van der Waals surface area (Å²) in [6, 6.07) is 7.51. The fraction of sp³-hybridized carbons (Fsp3) is 0.375. The Bertz CT molecular complexity index is 688. The van der Waals surface area contributed by atoms with Crippen LogP contribution in [0.25, 0.3) is 10.9 Å². The minimum Gasteiger partial charge on any atom is -0.478 e. The zero-order valence-electron chi connectivity index (χ0n) is 11.4. The van der Waals surface area contributed by atoms with Crippen LogP contribution in [-0.4, -0.2) is 16.1 Å². The Morgan fingerprint density at radius 1 is 1.37 bits per heavy atom. The molecule has 0 spiro atoms. The molecule has 1 N–H and O–H groups in total. The van der Waals surface area contributed by atoms with E-state index in [1.54, 1.807) is 0 Å². The summed E-state index contributed by atoms with van der Waals surface area (Å²) in [7, 11) is 0. The number of hydrogen-bond donors (Lipinski definition) is 1. The van der Waals surface area contributed by atoms with Crippen LogP contribution in [0.5, 0.6) is 0 Å². The number of nitrogens with zero attached hydrogens (tertiary/aromatic N) is 1. The van der Waals surface area contributed by atoms with Gasteiger partial charge in [-0.15, -0.1) is 0 Å². The van der Waals surface area contributed by atoms with Gasteiger partial charge in [-0.1, -0.05) is 39.0 Å². The summed E-state index contributed by atoms with van der Waals surface area (Å²) in [4.78, 5) is 16.5. The van der Waals surface area contributed by atoms with Crippen LogP contribution in [0.2, 0.25) is 0 Å². The monoisotopic (exact) mass is 255 g/mol. The maximum absolute atomic E-state index is 11.7. The first-order valence-electron chi connectivity index (χ1n) is 6.58. The summed E-state index contributed by atoms with van der Waals surface area (Å²) in [5.74, 6) is -0.537. The molecule has 1 aromatic carbocycles. The third-order valence-electron chi connectivity index (χ3n) is 4.09. The van der Waals surface area contributed by atoms with Gasteiger partial charge < -0.3 is 5.11 Å². The Labute approximate surface area is 112 Å². The third-order valence-corrected chi connectivity index (χ3v) is 4.09. The van der Waals surface area contributed by atoms with Crippen LogP contribution in [0.15, 0.2) is 24.3 Å². The molecule has 3 nitrogen and oxygen atoms in total. The van der Waals surface area contributed by atoms with Crippen LogP contribution in [-0.2, 0) is 5.41 Å². The molecule has 2 aromatic rings. The van der Waals surface area contributed by atoms with Gasteiger partial charge in [0.1, 0.15) is 0 Å². The van der Waals surface area contributed by atoms with Gasteiger partial charge >= 0.3 is 5.97 Å². The third kappa shape index (κ3) is 1.65. The number of carboxylic acids is 1. The molecule has 3 heteroatoms. The molecule has 98 valence electrons. The van der Waals surface area contributed by atoms with E-state index in [0.29, 0.717) is 11.5 Å². The van der Waals surface area contributed by atoms with Crippen molar-refractivity contribution in [2.45, 2.75) is 38.5 Å². The Morgan fingerprint density at radius 2 is 2.05 bits per heavy atom. The number of rotatable bonds is 1. The fourth-order valence-electron chi connectivity index (χ4n) is 3.46. The fourth-order valence-corrected chi connectivity index (χ4v) is 3.46. The lowest BCUT2D eigenvalue weighted by Gasteiger charge is -2.21. The average molecular weight is 255 g/mol. The van der Waals surface area contributed by atoms with Crippen molar-refractivity contribution >= 4 is 16.9 Å². The van der Waals surface area contributed by atoms with Crippen molar-refractivity contribution < 1.29 is 9.90 Å². The van der Waals surface area contributed by atoms with Crippen LogP contribution in [0.1, 0.15) is 54.7 Å². The molecule has 0 saturated heterocycles. The highest BCUT2D eigenvalue weighted by Crippen LogP contribution is 2.47. The summed E-state index contributed by atoms with van der Waals surface area (Å²) in [5.41, 5.74) is 2.98. The molecule has 19 heavy (non-hydrogen) atoms. The molecular formula is C16H17NO2. The highest BCUT2D eigenvalue weighted by Gasteiger charge is 2.40. The Hall–Kier alpha value is -1.90. The molecule has 1 atom stereocenters. The van der Waals surface area contributed by atoms with E-state index in [-0.39, 0.29) is 5.41 Å². The van der Waals surface area contributed by atoms with Gasteiger partial charge in [0.05, 0.1) is 11.1 Å². The number of pyridine rings is 1. The number of hydrogen-bond acceptors (Lipinski definition) is 2. The van der Waals surface area contributed by atoms with E-state index in [4.69, 9.17) is 4.98 Å². The summed E-state index contributed by atoms with van der Waals surface area (Å²) in [6.45, 7) is 6.34. The topological polar surface area (TPSA) is 50.2 Å². The molecule has 1 aliphatic rings. The Morgan fingerprint density at radius 3 is 2.74 bits per heavy atom. The van der Waals surface area contributed by atoms with Crippen LogP contribution in [0.3, 0.4) is 0 Å². The zero-order valence-corrected chi connectivity index (χ0v) is 11.4. The number of benzene rings is 1. The molecule has 1 heterocycles. The number of carbonyl (C=O) groups is 1. The van der Waals surface area contributed by atoms with Crippen LogP contribution in [0, 0.1) is 0 Å². The molecule has 1 aromatic heterocycles. The van der Waals surface area contributed by atoms with Crippen molar-refractivity contribution in [2.24, 2.45) is 0 Å². The van der Waals surface area contributed by atoms with Crippen molar-refractivity contribution in [3.63, 3.8) is 0 Å². The number of fused-ring (bicyclic) bond motifs is 2. The Balaban J connectivity index is 2.49. The second kappa shape index (κ2) is 3.80. The lowest BCUT2D eigenvalue weighted by molar-refractivity contribution is 0.0696. The average Bonchev–Trinajstić information content (AvgIpc) is 2.57. The van der Waals surface area contributed by atoms with Gasteiger partial charge in [-0.2, -0.15) is 0 Å². The van der Waals surface area contributed by atoms with Crippen LogP contribution >= 0.6 is 0 Å². The quantitative estimate of drug-likeness (QED) is 0.845. The summed E-state index contributed by atoms with van der Waals surface area (Å²) in [6.07, 6.45) is 0.950. The van der Waals surface area contributed by atoms with E-state index in [0.717, 1.165) is 28.6 Å². The molecule has 1 unspecified atom stereocenters. The maximum Gasteiger partial charge on any atom is 0.336 e. The predicted molar refractivity (Wildman–Crippen MR) is 74.8 cm³/mol. The number of para-hydroxylation sites is 1. The lowest BCUT2D eigenvalue weighted by atomic mass is 9.83. The highest BCUT2D eigenvalue weighted by molar-refractivity contribution is 6.04. The first kappa shape index (κ1) is 12.2. The standard InChI is InChI=1S/C16H17NO2/c1-9-8-16(2,3)13-12(15(18)19)10-6-4-5-7-11(10)17-14(9)13/h4-7,9H,8H2,1-3H3,(H,18,19). The van der Waals surface area contributed by atoms with Crippen LogP contribution in [0.4, 0.5) is 0 Å². The molecule has 0 bridgehead atoms. The van der Waals surface area contributed by atoms with E-state index in [9.17, 15) is 9.90 Å². The number of carboxylic acid groups (broad SMARTS) is 1. The van der Waals surface area contributed by atoms with E-state index >= 15 is 0 Å². The van der Waals surface area contributed by atoms with Crippen molar-refractivity contribution in [2.75, 3.05) is 0 Å². The smallest absolute Gasteiger partial charge is 0.336 e. The van der Waals surface area contributed by atoms with Gasteiger partial charge in [-0.05, 0) is 29.4 Å². The molecule has 0 amide bonds. The van der Waals surface area contributed by atoms with Crippen molar-refractivity contribution in [1.82, 2.24) is 4.98 Å². The second-order valence-corrected chi connectivity index (χ2v) is 6.06. The lowest BCUT2D eigenvalue weighted by Crippen LogP contribution is -2.18. The first-order chi connectivity index (χ1) is 8.92. The molecule has 1 aliphatic carbocycles. The van der Waals surface area contributed by atoms with Gasteiger partial charge in [0.25, 0.3) is 0 Å². The predicted octanol–water partition coefficient (Wildman–Crippen LogP) is 3.72. The minimum atomic E-state index is -0.850. The molecule has 0 radical (unpaired) electrons. The zero-order chi connectivity index (χ0) is 13.8. The Kier molecular flexibility index (Phi) is 2.43. The normalized spacial score (nSPS) is 20.5. The van der Waals surface area contributed by atoms with E-state index in [2.05, 4.69) is 20.8 Å². The summed E-state index contributed by atoms with van der Waals surface area (Å²) >= 11 is 0. The summed E-state index contributed by atoms with van der Waals surface area (Å²) in [5, 5.41) is 10.4. The van der Waals surface area contributed by atoms with Gasteiger partial charge in [-0.25, -0.2) is 4.79 Å². The number of aromatic nitrogens is 1. The van der Waals surface area contributed by atoms with Gasteiger partial charge in [0, 0.05) is 11.1 Å². The highest BCUT2D eigenvalue weighted by atomic mass is 16.4. The molecule has 3 rings (SSSR count). The van der Waals surface area contributed by atoms with Gasteiger partial charge in [-0.3, -0.25) is 4.98 Å². The number of aromatic carboxylic acids is 1. The SMILES string of the molecule is CC1CC(C)(C)c2c1nc1ccccc1c2C(=O)O. The van der Waals surface area contributed by atoms with Crippen molar-refractivity contribution in [3.05, 3.63) is 41.1 Å². The molecule has 0 fully saturated rings. The molecular weight excluding hydrogens is 238 g/mol. The maximum atomic E-state index is 11.7. The van der Waals surface area contributed by atoms with Crippen LogP contribution < -0.4 is 0 Å². The van der Waals surface area contributed by atoms with E-state index in [1.165, 1.54) is 0 Å². The van der Waals surface area contributed by atoms with Gasteiger partial charge in [0.2, 0.25) is 0 Å². The molecule has 0 saturated carbocycles. The van der Waals surface area contributed by atoms with E-state index in [1.807, 2.05) is 24.3 Å². The van der Waals surface area contributed by atoms with Crippen molar-refractivity contribution in [3.8, 4) is 0 Å². The van der Waals surface area contributed by atoms with E-state index < -0.39 is 5.97 Å².